The summed E-state index contributed by atoms with van der Waals surface area (Å²) in [5.41, 5.74) is 2.22. The van der Waals surface area contributed by atoms with Crippen molar-refractivity contribution in [3.05, 3.63) is 35.4 Å². The van der Waals surface area contributed by atoms with E-state index in [9.17, 15) is 9.59 Å². The molecule has 5 nitrogen and oxygen atoms in total. The Morgan fingerprint density at radius 3 is 2.55 bits per heavy atom. The van der Waals surface area contributed by atoms with Crippen LogP contribution >= 0.6 is 0 Å². The second kappa shape index (κ2) is 7.94. The van der Waals surface area contributed by atoms with Gasteiger partial charge in [0.1, 0.15) is 6.42 Å². The Kier molecular flexibility index (Phi) is 5.95. The molecule has 0 aromatic heterocycles. The number of likely N-dealkylation sites (N-methyl/N-ethyl adjacent to an activating group) is 1. The molecule has 0 spiro atoms. The molecule has 22 heavy (non-hydrogen) atoms. The van der Waals surface area contributed by atoms with Crippen LogP contribution in [0, 0.1) is 6.92 Å². The molecule has 2 amide bonds. The van der Waals surface area contributed by atoms with Crippen LogP contribution in [0.25, 0.3) is 0 Å². The van der Waals surface area contributed by atoms with E-state index in [1.165, 1.54) is 0 Å². The van der Waals surface area contributed by atoms with Gasteiger partial charge in [-0.1, -0.05) is 36.8 Å². The third kappa shape index (κ3) is 4.84. The third-order valence-corrected chi connectivity index (χ3v) is 4.06. The molecule has 1 aliphatic rings. The molecule has 1 fully saturated rings. The molecule has 0 aliphatic carbocycles. The van der Waals surface area contributed by atoms with Crippen molar-refractivity contribution in [3.63, 3.8) is 0 Å². The van der Waals surface area contributed by atoms with Crippen molar-refractivity contribution in [2.24, 2.45) is 0 Å². The fraction of sp³-hybridized carbons (Fsp3) is 0.529. The van der Waals surface area contributed by atoms with Crippen LogP contribution in [0.1, 0.15) is 24.5 Å². The Morgan fingerprint density at radius 2 is 1.91 bits per heavy atom. The number of nitrogens with one attached hydrogen (secondary N) is 1. The van der Waals surface area contributed by atoms with Crippen LogP contribution in [0.5, 0.6) is 0 Å². The molecule has 0 saturated carbocycles. The topological polar surface area (TPSA) is 52.7 Å². The Labute approximate surface area is 132 Å². The van der Waals surface area contributed by atoms with E-state index in [1.54, 1.807) is 4.90 Å². The Hall–Kier alpha value is -1.88. The van der Waals surface area contributed by atoms with Gasteiger partial charge < -0.3 is 15.1 Å². The zero-order chi connectivity index (χ0) is 15.9. The number of nitrogens with zero attached hydrogens (tertiary/aromatic N) is 2. The standard InChI is InChI=1S/C17H25N3O2/c1-3-19-7-9-20(10-8-19)17(22)12-16(21)18-13-15-6-4-5-14(2)11-15/h4-6,11H,3,7-10,12-13H2,1-2H3,(H,18,21). The number of aryl methyl sites for hydroxylation is 1. The minimum atomic E-state index is -0.204. The van der Waals surface area contributed by atoms with Crippen LogP contribution < -0.4 is 5.32 Å². The Bertz CT molecular complexity index is 522. The van der Waals surface area contributed by atoms with E-state index in [-0.39, 0.29) is 18.2 Å². The van der Waals surface area contributed by atoms with Gasteiger partial charge in [0.15, 0.2) is 0 Å². The first-order valence-electron chi connectivity index (χ1n) is 7.91. The SMILES string of the molecule is CCN1CCN(C(=O)CC(=O)NCc2cccc(C)c2)CC1. The predicted molar refractivity (Wildman–Crippen MR) is 86.3 cm³/mol. The summed E-state index contributed by atoms with van der Waals surface area (Å²) in [4.78, 5) is 28.1. The smallest absolute Gasteiger partial charge is 0.232 e. The Balaban J connectivity index is 1.74. The maximum atomic E-state index is 12.1. The van der Waals surface area contributed by atoms with Gasteiger partial charge in [0.2, 0.25) is 11.8 Å². The van der Waals surface area contributed by atoms with Crippen LogP contribution in [-0.4, -0.2) is 54.3 Å². The first kappa shape index (κ1) is 16.5. The van der Waals surface area contributed by atoms with Gasteiger partial charge in [0.05, 0.1) is 0 Å². The number of carbonyl (C=O) groups excluding carboxylic acids is 2. The van der Waals surface area contributed by atoms with Crippen molar-refractivity contribution >= 4 is 11.8 Å². The molecule has 2 rings (SSSR count). The summed E-state index contributed by atoms with van der Waals surface area (Å²) in [7, 11) is 0. The van der Waals surface area contributed by atoms with Gasteiger partial charge in [-0.3, -0.25) is 9.59 Å². The highest BCUT2D eigenvalue weighted by atomic mass is 16.2. The van der Waals surface area contributed by atoms with E-state index < -0.39 is 0 Å². The molecule has 0 radical (unpaired) electrons. The second-order valence-corrected chi connectivity index (χ2v) is 5.76. The first-order chi connectivity index (χ1) is 10.6. The van der Waals surface area contributed by atoms with Gasteiger partial charge in [0, 0.05) is 32.7 Å². The lowest BCUT2D eigenvalue weighted by atomic mass is 10.1. The molecule has 0 atom stereocenters. The molecule has 1 saturated heterocycles. The Morgan fingerprint density at radius 1 is 1.18 bits per heavy atom. The summed E-state index contributed by atoms with van der Waals surface area (Å²) in [6, 6.07) is 7.99. The number of rotatable bonds is 5. The van der Waals surface area contributed by atoms with E-state index >= 15 is 0 Å². The molecular formula is C17H25N3O2. The van der Waals surface area contributed by atoms with Crippen molar-refractivity contribution in [1.82, 2.24) is 15.1 Å². The molecule has 5 heteroatoms. The van der Waals surface area contributed by atoms with Gasteiger partial charge in [-0.25, -0.2) is 0 Å². The van der Waals surface area contributed by atoms with E-state index in [1.807, 2.05) is 31.2 Å². The average Bonchev–Trinajstić information content (AvgIpc) is 2.53. The van der Waals surface area contributed by atoms with E-state index in [2.05, 4.69) is 17.1 Å². The van der Waals surface area contributed by atoms with E-state index in [0.29, 0.717) is 6.54 Å². The van der Waals surface area contributed by atoms with E-state index in [0.717, 1.165) is 43.9 Å². The van der Waals surface area contributed by atoms with Crippen LogP contribution in [0.4, 0.5) is 0 Å². The zero-order valence-corrected chi connectivity index (χ0v) is 13.5. The molecular weight excluding hydrogens is 278 g/mol. The van der Waals surface area contributed by atoms with E-state index in [4.69, 9.17) is 0 Å². The molecule has 0 unspecified atom stereocenters. The highest BCUT2D eigenvalue weighted by Crippen LogP contribution is 2.05. The van der Waals surface area contributed by atoms with Crippen LogP contribution in [0.2, 0.25) is 0 Å². The third-order valence-electron chi connectivity index (χ3n) is 4.06. The lowest BCUT2D eigenvalue weighted by Gasteiger charge is -2.34. The number of amides is 2. The van der Waals surface area contributed by atoms with Crippen molar-refractivity contribution in [3.8, 4) is 0 Å². The fourth-order valence-electron chi connectivity index (χ4n) is 2.65. The molecule has 1 aromatic rings. The van der Waals surface area contributed by atoms with Gasteiger partial charge in [0.25, 0.3) is 0 Å². The van der Waals surface area contributed by atoms with Crippen molar-refractivity contribution < 1.29 is 9.59 Å². The largest absolute Gasteiger partial charge is 0.352 e. The molecule has 1 aromatic carbocycles. The average molecular weight is 303 g/mol. The van der Waals surface area contributed by atoms with Gasteiger partial charge in [-0.2, -0.15) is 0 Å². The van der Waals surface area contributed by atoms with Crippen LogP contribution in [-0.2, 0) is 16.1 Å². The molecule has 120 valence electrons. The summed E-state index contributed by atoms with van der Waals surface area (Å²) in [6.07, 6.45) is -0.0576. The predicted octanol–water partition coefficient (Wildman–Crippen LogP) is 1.17. The second-order valence-electron chi connectivity index (χ2n) is 5.76. The maximum absolute atomic E-state index is 12.1. The van der Waals surface area contributed by atoms with Gasteiger partial charge in [-0.15, -0.1) is 0 Å². The molecule has 1 aliphatic heterocycles. The lowest BCUT2D eigenvalue weighted by molar-refractivity contribution is -0.137. The monoisotopic (exact) mass is 303 g/mol. The highest BCUT2D eigenvalue weighted by Gasteiger charge is 2.21. The minimum absolute atomic E-state index is 0.0576. The molecule has 0 bridgehead atoms. The number of piperazine rings is 1. The zero-order valence-electron chi connectivity index (χ0n) is 13.5. The summed E-state index contributed by atoms with van der Waals surface area (Å²) in [5, 5.41) is 2.82. The van der Waals surface area contributed by atoms with Crippen LogP contribution in [0.3, 0.4) is 0 Å². The maximum Gasteiger partial charge on any atom is 0.232 e. The quantitative estimate of drug-likeness (QED) is 0.831. The number of benzene rings is 1. The van der Waals surface area contributed by atoms with Crippen molar-refractivity contribution in [2.45, 2.75) is 26.8 Å². The summed E-state index contributed by atoms with van der Waals surface area (Å²) < 4.78 is 0. The first-order valence-corrected chi connectivity index (χ1v) is 7.91. The summed E-state index contributed by atoms with van der Waals surface area (Å²) in [6.45, 7) is 8.85. The molecule has 1 N–H and O–H groups in total. The molecule has 1 heterocycles. The fourth-order valence-corrected chi connectivity index (χ4v) is 2.65. The van der Waals surface area contributed by atoms with Crippen molar-refractivity contribution in [1.29, 1.82) is 0 Å². The number of hydrogen-bond acceptors (Lipinski definition) is 3. The normalized spacial score (nSPS) is 15.6. The number of carbonyl (C=O) groups is 2. The summed E-state index contributed by atoms with van der Waals surface area (Å²) in [5.74, 6) is -0.276. The summed E-state index contributed by atoms with van der Waals surface area (Å²) >= 11 is 0. The lowest BCUT2D eigenvalue weighted by Crippen LogP contribution is -2.49. The van der Waals surface area contributed by atoms with Crippen LogP contribution in [0.15, 0.2) is 24.3 Å². The van der Waals surface area contributed by atoms with Crippen molar-refractivity contribution in [2.75, 3.05) is 32.7 Å². The highest BCUT2D eigenvalue weighted by molar-refractivity contribution is 5.96. The minimum Gasteiger partial charge on any atom is -0.352 e. The van der Waals surface area contributed by atoms with Gasteiger partial charge >= 0.3 is 0 Å². The van der Waals surface area contributed by atoms with Gasteiger partial charge in [-0.05, 0) is 19.0 Å². The number of hydrogen-bond donors (Lipinski definition) is 1.